The number of fused-ring (bicyclic) bond motifs is 1. The van der Waals surface area contributed by atoms with E-state index in [4.69, 9.17) is 10.00 Å². The normalized spacial score (nSPS) is 27.8. The first-order chi connectivity index (χ1) is 9.63. The van der Waals surface area contributed by atoms with Crippen molar-refractivity contribution < 1.29 is 13.2 Å². The van der Waals surface area contributed by atoms with Gasteiger partial charge in [0.1, 0.15) is 15.2 Å². The molecule has 2 atom stereocenters. The molecule has 7 heteroatoms. The minimum atomic E-state index is -3.50. The molecule has 1 aromatic heterocycles. The molecule has 2 heterocycles. The first-order valence-corrected chi connectivity index (χ1v) is 9.02. The van der Waals surface area contributed by atoms with E-state index in [9.17, 15) is 8.42 Å². The van der Waals surface area contributed by atoms with Gasteiger partial charge in [0, 0.05) is 6.54 Å². The predicted octanol–water partition coefficient (Wildman–Crippen LogP) is 1.95. The smallest absolute Gasteiger partial charge is 0.253 e. The average Bonchev–Trinajstić information content (AvgIpc) is 2.96. The maximum atomic E-state index is 12.7. The monoisotopic (exact) mass is 312 g/mol. The van der Waals surface area contributed by atoms with Gasteiger partial charge in [-0.15, -0.1) is 11.3 Å². The molecule has 1 aliphatic heterocycles. The lowest BCUT2D eigenvalue weighted by atomic mass is 9.91. The maximum absolute atomic E-state index is 12.7. The molecule has 0 amide bonds. The summed E-state index contributed by atoms with van der Waals surface area (Å²) in [6.07, 6.45) is 3.98. The van der Waals surface area contributed by atoms with Gasteiger partial charge >= 0.3 is 0 Å². The van der Waals surface area contributed by atoms with Gasteiger partial charge in [0.15, 0.2) is 0 Å². The molecule has 1 saturated carbocycles. The summed E-state index contributed by atoms with van der Waals surface area (Å²) in [5, 5.41) is 8.85. The molecule has 0 aromatic carbocycles. The standard InChI is InChI=1S/C13H16N2O3S2/c14-9-10-5-6-13(19-10)20(16,17)15-7-8-18-12-4-2-1-3-11(12)15/h5-6,11-12H,1-4,7-8H2. The van der Waals surface area contributed by atoms with Crippen molar-refractivity contribution in [2.45, 2.75) is 42.0 Å². The van der Waals surface area contributed by atoms with Gasteiger partial charge in [0.2, 0.25) is 0 Å². The lowest BCUT2D eigenvalue weighted by molar-refractivity contribution is -0.0585. The van der Waals surface area contributed by atoms with E-state index in [1.54, 1.807) is 10.4 Å². The van der Waals surface area contributed by atoms with Gasteiger partial charge in [-0.05, 0) is 25.0 Å². The molecule has 0 N–H and O–H groups in total. The molecule has 0 spiro atoms. The molecule has 0 bridgehead atoms. The maximum Gasteiger partial charge on any atom is 0.253 e. The Morgan fingerprint density at radius 1 is 1.35 bits per heavy atom. The second kappa shape index (κ2) is 5.45. The highest BCUT2D eigenvalue weighted by Gasteiger charge is 2.41. The summed E-state index contributed by atoms with van der Waals surface area (Å²) < 4.78 is 33.1. The number of hydrogen-bond acceptors (Lipinski definition) is 5. The van der Waals surface area contributed by atoms with Crippen LogP contribution in [0.2, 0.25) is 0 Å². The van der Waals surface area contributed by atoms with Crippen molar-refractivity contribution in [2.75, 3.05) is 13.2 Å². The van der Waals surface area contributed by atoms with Crippen LogP contribution in [-0.2, 0) is 14.8 Å². The van der Waals surface area contributed by atoms with Gasteiger partial charge < -0.3 is 4.74 Å². The third kappa shape index (κ3) is 2.37. The van der Waals surface area contributed by atoms with E-state index in [-0.39, 0.29) is 16.4 Å². The van der Waals surface area contributed by atoms with Gasteiger partial charge in [0.25, 0.3) is 10.0 Å². The predicted molar refractivity (Wildman–Crippen MR) is 74.9 cm³/mol. The van der Waals surface area contributed by atoms with Crippen LogP contribution in [0, 0.1) is 11.3 Å². The number of nitrogens with zero attached hydrogens (tertiary/aromatic N) is 2. The summed E-state index contributed by atoms with van der Waals surface area (Å²) in [5.41, 5.74) is 0. The SMILES string of the molecule is N#Cc1ccc(S(=O)(=O)N2CCOC3CCCCC32)s1. The first-order valence-electron chi connectivity index (χ1n) is 6.76. The number of ether oxygens (including phenoxy) is 1. The van der Waals surface area contributed by atoms with Crippen molar-refractivity contribution in [3.8, 4) is 6.07 Å². The van der Waals surface area contributed by atoms with Crippen LogP contribution < -0.4 is 0 Å². The molecule has 3 rings (SSSR count). The Hall–Kier alpha value is -0.940. The summed E-state index contributed by atoms with van der Waals surface area (Å²) in [7, 11) is -3.50. The summed E-state index contributed by atoms with van der Waals surface area (Å²) >= 11 is 1.04. The molecule has 108 valence electrons. The number of hydrogen-bond donors (Lipinski definition) is 0. The Kier molecular flexibility index (Phi) is 3.82. The molecular formula is C13H16N2O3S2. The summed E-state index contributed by atoms with van der Waals surface area (Å²) in [6.45, 7) is 0.861. The summed E-state index contributed by atoms with van der Waals surface area (Å²) in [5.74, 6) is 0. The summed E-state index contributed by atoms with van der Waals surface area (Å²) in [6, 6.07) is 5.04. The summed E-state index contributed by atoms with van der Waals surface area (Å²) in [4.78, 5) is 0.428. The molecule has 5 nitrogen and oxygen atoms in total. The molecule has 2 fully saturated rings. The van der Waals surface area contributed by atoms with Crippen LogP contribution in [0.3, 0.4) is 0 Å². The van der Waals surface area contributed by atoms with E-state index in [0.29, 0.717) is 18.0 Å². The van der Waals surface area contributed by atoms with Gasteiger partial charge in [-0.2, -0.15) is 9.57 Å². The molecule has 2 unspecified atom stereocenters. The molecule has 0 radical (unpaired) electrons. The Morgan fingerprint density at radius 3 is 2.90 bits per heavy atom. The van der Waals surface area contributed by atoms with Crippen molar-refractivity contribution in [3.63, 3.8) is 0 Å². The highest BCUT2D eigenvalue weighted by molar-refractivity contribution is 7.91. The molecule has 1 aliphatic carbocycles. The van der Waals surface area contributed by atoms with Gasteiger partial charge in [-0.3, -0.25) is 0 Å². The Bertz CT molecular complexity index is 630. The highest BCUT2D eigenvalue weighted by atomic mass is 32.2. The molecule has 1 saturated heterocycles. The topological polar surface area (TPSA) is 70.4 Å². The molecule has 2 aliphatic rings. The zero-order valence-corrected chi connectivity index (χ0v) is 12.6. The molecular weight excluding hydrogens is 296 g/mol. The first kappa shape index (κ1) is 14.0. The van der Waals surface area contributed by atoms with E-state index >= 15 is 0 Å². The minimum Gasteiger partial charge on any atom is -0.375 e. The van der Waals surface area contributed by atoms with Crippen LogP contribution >= 0.6 is 11.3 Å². The van der Waals surface area contributed by atoms with Crippen LogP contribution in [0.15, 0.2) is 16.3 Å². The Morgan fingerprint density at radius 2 is 2.15 bits per heavy atom. The third-order valence-electron chi connectivity index (χ3n) is 3.94. The minimum absolute atomic E-state index is 0.0303. The van der Waals surface area contributed by atoms with E-state index in [0.717, 1.165) is 37.0 Å². The molecule has 20 heavy (non-hydrogen) atoms. The second-order valence-electron chi connectivity index (χ2n) is 5.11. The quantitative estimate of drug-likeness (QED) is 0.837. The van der Waals surface area contributed by atoms with Crippen molar-refractivity contribution in [1.82, 2.24) is 4.31 Å². The Labute approximate surface area is 122 Å². The van der Waals surface area contributed by atoms with Crippen molar-refractivity contribution in [1.29, 1.82) is 5.26 Å². The van der Waals surface area contributed by atoms with Crippen LogP contribution in [0.4, 0.5) is 0 Å². The third-order valence-corrected chi connectivity index (χ3v) is 7.32. The van der Waals surface area contributed by atoms with Gasteiger partial charge in [-0.1, -0.05) is 12.8 Å². The van der Waals surface area contributed by atoms with Crippen LogP contribution in [0.25, 0.3) is 0 Å². The number of morpholine rings is 1. The van der Waals surface area contributed by atoms with Crippen LogP contribution in [0.5, 0.6) is 0 Å². The van der Waals surface area contributed by atoms with Crippen molar-refractivity contribution in [3.05, 3.63) is 17.0 Å². The van der Waals surface area contributed by atoms with Crippen molar-refractivity contribution >= 4 is 21.4 Å². The zero-order valence-electron chi connectivity index (χ0n) is 11.0. The fourth-order valence-corrected chi connectivity index (χ4v) is 5.89. The Balaban J connectivity index is 1.91. The van der Waals surface area contributed by atoms with Gasteiger partial charge in [0.05, 0.1) is 18.8 Å². The van der Waals surface area contributed by atoms with E-state index < -0.39 is 10.0 Å². The lowest BCUT2D eigenvalue weighted by Crippen LogP contribution is -2.54. The second-order valence-corrected chi connectivity index (χ2v) is 8.31. The van der Waals surface area contributed by atoms with Gasteiger partial charge in [-0.25, -0.2) is 8.42 Å². The molecule has 1 aromatic rings. The fourth-order valence-electron chi connectivity index (χ4n) is 2.99. The van der Waals surface area contributed by atoms with Crippen LogP contribution in [-0.4, -0.2) is 38.0 Å². The van der Waals surface area contributed by atoms with E-state index in [1.165, 1.54) is 6.07 Å². The number of thiophene rings is 1. The zero-order chi connectivity index (χ0) is 14.2. The number of rotatable bonds is 2. The average molecular weight is 312 g/mol. The number of sulfonamides is 1. The fraction of sp³-hybridized carbons (Fsp3) is 0.615. The highest BCUT2D eigenvalue weighted by Crippen LogP contribution is 2.34. The van der Waals surface area contributed by atoms with Crippen molar-refractivity contribution in [2.24, 2.45) is 0 Å². The van der Waals surface area contributed by atoms with Crippen LogP contribution in [0.1, 0.15) is 30.6 Å². The lowest BCUT2D eigenvalue weighted by Gasteiger charge is -2.42. The van der Waals surface area contributed by atoms with E-state index in [2.05, 4.69) is 0 Å². The number of nitriles is 1. The largest absolute Gasteiger partial charge is 0.375 e. The van der Waals surface area contributed by atoms with E-state index in [1.807, 2.05) is 6.07 Å².